The van der Waals surface area contributed by atoms with Gasteiger partial charge >= 0.3 is 0 Å². The summed E-state index contributed by atoms with van der Waals surface area (Å²) in [7, 11) is 1.98. The van der Waals surface area contributed by atoms with Crippen LogP contribution in [0.4, 0.5) is 0 Å². The van der Waals surface area contributed by atoms with E-state index in [1.54, 1.807) is 0 Å². The monoisotopic (exact) mass is 266 g/mol. The summed E-state index contributed by atoms with van der Waals surface area (Å²) in [4.78, 5) is 2.08. The average molecular weight is 266 g/mol. The van der Waals surface area contributed by atoms with E-state index in [0.717, 1.165) is 23.6 Å². The van der Waals surface area contributed by atoms with Crippen LogP contribution in [0.5, 0.6) is 11.5 Å². The molecule has 19 heavy (non-hydrogen) atoms. The normalized spacial score (nSPS) is 15.6. The molecule has 1 unspecified atom stereocenters. The molecule has 5 heteroatoms. The third-order valence-electron chi connectivity index (χ3n) is 3.08. The van der Waals surface area contributed by atoms with Gasteiger partial charge in [-0.15, -0.1) is 0 Å². The highest BCUT2D eigenvalue weighted by atomic mass is 16.6. The van der Waals surface area contributed by atoms with Crippen LogP contribution in [-0.4, -0.2) is 49.5 Å². The zero-order valence-electron chi connectivity index (χ0n) is 11.3. The molecule has 0 aromatic heterocycles. The van der Waals surface area contributed by atoms with Crippen molar-refractivity contribution in [1.29, 1.82) is 0 Å². The average Bonchev–Trinajstić information content (AvgIpc) is 2.38. The summed E-state index contributed by atoms with van der Waals surface area (Å²) in [5, 5.41) is 9.72. The molecule has 0 saturated carbocycles. The second-order valence-electron chi connectivity index (χ2n) is 4.91. The van der Waals surface area contributed by atoms with Crippen LogP contribution >= 0.6 is 0 Å². The van der Waals surface area contributed by atoms with Gasteiger partial charge in [-0.05, 0) is 37.7 Å². The largest absolute Gasteiger partial charge is 0.486 e. The summed E-state index contributed by atoms with van der Waals surface area (Å²) in [6.45, 7) is 3.10. The van der Waals surface area contributed by atoms with Gasteiger partial charge in [0.05, 0.1) is 6.10 Å². The Labute approximate surface area is 113 Å². The summed E-state index contributed by atoms with van der Waals surface area (Å²) in [6.07, 6.45) is 0.262. The fourth-order valence-electron chi connectivity index (χ4n) is 2.21. The highest BCUT2D eigenvalue weighted by molar-refractivity contribution is 5.43. The van der Waals surface area contributed by atoms with Crippen LogP contribution in [0.2, 0.25) is 0 Å². The van der Waals surface area contributed by atoms with Crippen molar-refractivity contribution in [1.82, 2.24) is 4.90 Å². The summed E-state index contributed by atoms with van der Waals surface area (Å²) < 4.78 is 11.0. The number of likely N-dealkylation sites (N-methyl/N-ethyl adjacent to an activating group) is 1. The van der Waals surface area contributed by atoms with Crippen molar-refractivity contribution in [3.63, 3.8) is 0 Å². The number of benzene rings is 1. The quantitative estimate of drug-likeness (QED) is 0.789. The van der Waals surface area contributed by atoms with Gasteiger partial charge in [0.2, 0.25) is 0 Å². The molecule has 106 valence electrons. The lowest BCUT2D eigenvalue weighted by molar-refractivity contribution is 0.117. The molecule has 1 atom stereocenters. The predicted molar refractivity (Wildman–Crippen MR) is 73.4 cm³/mol. The zero-order valence-corrected chi connectivity index (χ0v) is 11.3. The number of hydrogen-bond acceptors (Lipinski definition) is 5. The van der Waals surface area contributed by atoms with E-state index in [1.165, 1.54) is 0 Å². The van der Waals surface area contributed by atoms with Gasteiger partial charge in [-0.2, -0.15) is 0 Å². The van der Waals surface area contributed by atoms with Crippen LogP contribution < -0.4 is 15.2 Å². The van der Waals surface area contributed by atoms with Crippen molar-refractivity contribution < 1.29 is 14.6 Å². The van der Waals surface area contributed by atoms with Crippen LogP contribution in [0.25, 0.3) is 0 Å². The third-order valence-corrected chi connectivity index (χ3v) is 3.08. The van der Waals surface area contributed by atoms with E-state index >= 15 is 0 Å². The molecule has 1 aliphatic heterocycles. The molecular formula is C14H22N2O3. The van der Waals surface area contributed by atoms with Gasteiger partial charge in [0.15, 0.2) is 11.5 Å². The van der Waals surface area contributed by atoms with E-state index in [1.807, 2.05) is 25.2 Å². The van der Waals surface area contributed by atoms with Gasteiger partial charge < -0.3 is 20.3 Å². The van der Waals surface area contributed by atoms with Crippen LogP contribution in [0.3, 0.4) is 0 Å². The first-order valence-electron chi connectivity index (χ1n) is 6.64. The molecule has 0 aliphatic carbocycles. The topological polar surface area (TPSA) is 68.0 Å². The second-order valence-corrected chi connectivity index (χ2v) is 4.91. The van der Waals surface area contributed by atoms with Crippen LogP contribution in [0.1, 0.15) is 12.0 Å². The SMILES string of the molecule is CN(Cc1ccc2c(c1)OCCO2)CC(O)CCN. The van der Waals surface area contributed by atoms with E-state index < -0.39 is 0 Å². The second kappa shape index (κ2) is 6.75. The maximum atomic E-state index is 9.72. The summed E-state index contributed by atoms with van der Waals surface area (Å²) >= 11 is 0. The molecule has 1 aromatic carbocycles. The molecule has 1 heterocycles. The van der Waals surface area contributed by atoms with Gasteiger partial charge in [0, 0.05) is 13.1 Å². The van der Waals surface area contributed by atoms with Crippen LogP contribution in [0.15, 0.2) is 18.2 Å². The lowest BCUT2D eigenvalue weighted by Crippen LogP contribution is -2.30. The number of rotatable bonds is 6. The minimum atomic E-state index is -0.368. The molecule has 0 bridgehead atoms. The zero-order chi connectivity index (χ0) is 13.7. The van der Waals surface area contributed by atoms with Gasteiger partial charge in [-0.25, -0.2) is 0 Å². The molecular weight excluding hydrogens is 244 g/mol. The summed E-state index contributed by atoms with van der Waals surface area (Å²) in [6, 6.07) is 5.97. The lowest BCUT2D eigenvalue weighted by atomic mass is 10.1. The predicted octanol–water partition coefficient (Wildman–Crippen LogP) is 0.599. The first-order chi connectivity index (χ1) is 9.19. The summed E-state index contributed by atoms with van der Waals surface area (Å²) in [5.74, 6) is 1.61. The number of fused-ring (bicyclic) bond motifs is 1. The highest BCUT2D eigenvalue weighted by Gasteiger charge is 2.13. The number of nitrogens with two attached hydrogens (primary N) is 1. The van der Waals surface area contributed by atoms with E-state index in [9.17, 15) is 5.11 Å². The molecule has 0 spiro atoms. The highest BCUT2D eigenvalue weighted by Crippen LogP contribution is 2.30. The lowest BCUT2D eigenvalue weighted by Gasteiger charge is -2.22. The molecule has 0 saturated heterocycles. The van der Waals surface area contributed by atoms with Gasteiger partial charge in [-0.3, -0.25) is 4.90 Å². The van der Waals surface area contributed by atoms with Crippen molar-refractivity contribution in [3.8, 4) is 11.5 Å². The van der Waals surface area contributed by atoms with Crippen LogP contribution in [-0.2, 0) is 6.54 Å². The Hall–Kier alpha value is -1.30. The summed E-state index contributed by atoms with van der Waals surface area (Å²) in [5.41, 5.74) is 6.57. The minimum absolute atomic E-state index is 0.368. The Balaban J connectivity index is 1.91. The van der Waals surface area contributed by atoms with Crippen molar-refractivity contribution in [2.45, 2.75) is 19.1 Å². The van der Waals surface area contributed by atoms with Crippen molar-refractivity contribution >= 4 is 0 Å². The molecule has 5 nitrogen and oxygen atoms in total. The molecule has 1 aliphatic rings. The molecule has 0 radical (unpaired) electrons. The third kappa shape index (κ3) is 4.09. The molecule has 0 fully saturated rings. The maximum absolute atomic E-state index is 9.72. The van der Waals surface area contributed by atoms with E-state index in [0.29, 0.717) is 32.7 Å². The van der Waals surface area contributed by atoms with E-state index in [2.05, 4.69) is 4.90 Å². The van der Waals surface area contributed by atoms with Gasteiger partial charge in [-0.1, -0.05) is 6.07 Å². The van der Waals surface area contributed by atoms with Crippen molar-refractivity contribution in [2.24, 2.45) is 5.73 Å². The molecule has 2 rings (SSSR count). The van der Waals surface area contributed by atoms with E-state index in [-0.39, 0.29) is 6.10 Å². The first kappa shape index (κ1) is 14.1. The number of hydrogen-bond donors (Lipinski definition) is 2. The van der Waals surface area contributed by atoms with Gasteiger partial charge in [0.1, 0.15) is 13.2 Å². The Bertz CT molecular complexity index is 412. The number of nitrogens with zero attached hydrogens (tertiary/aromatic N) is 1. The van der Waals surface area contributed by atoms with Crippen molar-refractivity contribution in [3.05, 3.63) is 23.8 Å². The fraction of sp³-hybridized carbons (Fsp3) is 0.571. The van der Waals surface area contributed by atoms with Crippen molar-refractivity contribution in [2.75, 3.05) is 33.4 Å². The minimum Gasteiger partial charge on any atom is -0.486 e. The Morgan fingerprint density at radius 1 is 1.32 bits per heavy atom. The molecule has 1 aromatic rings. The number of aliphatic hydroxyl groups is 1. The standard InChI is InChI=1S/C14H22N2O3/c1-16(10-12(17)4-5-15)9-11-2-3-13-14(8-11)19-7-6-18-13/h2-3,8,12,17H,4-7,9-10,15H2,1H3. The Morgan fingerprint density at radius 3 is 2.79 bits per heavy atom. The number of aliphatic hydroxyl groups excluding tert-OH is 1. The Morgan fingerprint density at radius 2 is 2.05 bits per heavy atom. The number of ether oxygens (including phenoxy) is 2. The van der Waals surface area contributed by atoms with Crippen LogP contribution in [0, 0.1) is 0 Å². The maximum Gasteiger partial charge on any atom is 0.161 e. The smallest absolute Gasteiger partial charge is 0.161 e. The first-order valence-corrected chi connectivity index (χ1v) is 6.64. The van der Waals surface area contributed by atoms with E-state index in [4.69, 9.17) is 15.2 Å². The van der Waals surface area contributed by atoms with Gasteiger partial charge in [0.25, 0.3) is 0 Å². The Kier molecular flexibility index (Phi) is 5.01. The fourth-order valence-corrected chi connectivity index (χ4v) is 2.21. The molecule has 3 N–H and O–H groups in total. The molecule has 0 amide bonds.